The van der Waals surface area contributed by atoms with E-state index in [0.717, 1.165) is 0 Å². The van der Waals surface area contributed by atoms with E-state index < -0.39 is 35.9 Å². The summed E-state index contributed by atoms with van der Waals surface area (Å²) < 4.78 is 4.98. The zero-order chi connectivity index (χ0) is 16.9. The minimum absolute atomic E-state index is 0.282. The molecule has 0 radical (unpaired) electrons. The molecule has 0 spiro atoms. The van der Waals surface area contributed by atoms with E-state index in [-0.39, 0.29) is 5.56 Å². The second kappa shape index (κ2) is 7.26. The normalized spacial score (nSPS) is 12.4. The molecule has 0 fully saturated rings. The number of ketones is 1. The maximum Gasteiger partial charge on any atom is 0.408 e. The maximum absolute atomic E-state index is 12.1. The average molecular weight is 328 g/mol. The molecule has 1 atom stereocenters. The van der Waals surface area contributed by atoms with E-state index >= 15 is 0 Å². The lowest BCUT2D eigenvalue weighted by Crippen LogP contribution is -2.44. The fourth-order valence-electron chi connectivity index (χ4n) is 1.62. The zero-order valence-electron chi connectivity index (χ0n) is 12.6. The lowest BCUT2D eigenvalue weighted by molar-refractivity contribution is -0.139. The molecule has 1 amide bonds. The van der Waals surface area contributed by atoms with Crippen LogP contribution in [0.3, 0.4) is 0 Å². The van der Waals surface area contributed by atoms with Crippen LogP contribution in [0.5, 0.6) is 0 Å². The summed E-state index contributed by atoms with van der Waals surface area (Å²) in [6, 6.07) is 4.79. The number of carbonyl (C=O) groups is 3. The van der Waals surface area contributed by atoms with Crippen molar-refractivity contribution in [1.29, 1.82) is 0 Å². The number of aliphatic carboxylic acids is 1. The van der Waals surface area contributed by atoms with E-state index in [1.165, 1.54) is 12.1 Å². The van der Waals surface area contributed by atoms with Gasteiger partial charge in [-0.15, -0.1) is 0 Å². The van der Waals surface area contributed by atoms with Crippen LogP contribution in [0.4, 0.5) is 4.79 Å². The number of rotatable bonds is 5. The van der Waals surface area contributed by atoms with Gasteiger partial charge in [0.15, 0.2) is 5.78 Å². The molecule has 1 aromatic carbocycles. The Kier molecular flexibility index (Phi) is 5.93. The first-order chi connectivity index (χ1) is 10.1. The van der Waals surface area contributed by atoms with Gasteiger partial charge in [-0.25, -0.2) is 9.59 Å². The fraction of sp³-hybridized carbons (Fsp3) is 0.400. The van der Waals surface area contributed by atoms with Crippen molar-refractivity contribution < 1.29 is 24.2 Å². The number of ether oxygens (including phenoxy) is 1. The van der Waals surface area contributed by atoms with Crippen molar-refractivity contribution in [1.82, 2.24) is 5.32 Å². The molecule has 0 aliphatic heterocycles. The van der Waals surface area contributed by atoms with Crippen molar-refractivity contribution in [3.8, 4) is 0 Å². The van der Waals surface area contributed by atoms with E-state index in [1.54, 1.807) is 32.9 Å². The lowest BCUT2D eigenvalue weighted by Gasteiger charge is -2.21. The molecule has 0 aromatic heterocycles. The third kappa shape index (κ3) is 6.13. The van der Waals surface area contributed by atoms with Crippen LogP contribution in [0, 0.1) is 0 Å². The summed E-state index contributed by atoms with van der Waals surface area (Å²) in [4.78, 5) is 34.9. The summed E-state index contributed by atoms with van der Waals surface area (Å²) in [5.41, 5.74) is -0.478. The third-order valence-corrected chi connectivity index (χ3v) is 2.76. The minimum Gasteiger partial charge on any atom is -0.480 e. The first kappa shape index (κ1) is 18.0. The molecule has 1 unspecified atom stereocenters. The monoisotopic (exact) mass is 327 g/mol. The number of carboxylic acids is 1. The third-order valence-electron chi connectivity index (χ3n) is 2.53. The summed E-state index contributed by atoms with van der Waals surface area (Å²) in [7, 11) is 0. The summed E-state index contributed by atoms with van der Waals surface area (Å²) in [6.07, 6.45) is -1.28. The predicted octanol–water partition coefficient (Wildman–Crippen LogP) is 2.89. The lowest BCUT2D eigenvalue weighted by atomic mass is 10.0. The highest BCUT2D eigenvalue weighted by Crippen LogP contribution is 2.14. The Labute approximate surface area is 133 Å². The SMILES string of the molecule is CC(C)(C)OC(=O)NC(CC(=O)c1cccc(Cl)c1)C(=O)O. The van der Waals surface area contributed by atoms with Crippen LogP contribution in [-0.4, -0.2) is 34.6 Å². The number of Topliss-reactive ketones (excluding diaryl/α,β-unsaturated/α-hetero) is 1. The van der Waals surface area contributed by atoms with Crippen molar-refractivity contribution in [2.45, 2.75) is 38.8 Å². The Hall–Kier alpha value is -2.08. The number of alkyl carbamates (subject to hydrolysis) is 1. The van der Waals surface area contributed by atoms with Gasteiger partial charge in [-0.05, 0) is 32.9 Å². The number of hydrogen-bond acceptors (Lipinski definition) is 4. The van der Waals surface area contributed by atoms with Crippen molar-refractivity contribution >= 4 is 29.4 Å². The van der Waals surface area contributed by atoms with Gasteiger partial charge in [-0.1, -0.05) is 23.7 Å². The van der Waals surface area contributed by atoms with Gasteiger partial charge >= 0.3 is 12.1 Å². The summed E-state index contributed by atoms with van der Waals surface area (Å²) in [5, 5.41) is 11.7. The van der Waals surface area contributed by atoms with Gasteiger partial charge in [0.2, 0.25) is 0 Å². The molecule has 1 aromatic rings. The molecular weight excluding hydrogens is 310 g/mol. The Balaban J connectivity index is 2.74. The molecule has 0 heterocycles. The molecule has 1 rings (SSSR count). The van der Waals surface area contributed by atoms with Gasteiger partial charge in [-0.3, -0.25) is 4.79 Å². The summed E-state index contributed by atoms with van der Waals surface area (Å²) in [5.74, 6) is -1.76. The Morgan fingerprint density at radius 2 is 1.95 bits per heavy atom. The molecule has 7 heteroatoms. The number of hydrogen-bond donors (Lipinski definition) is 2. The fourth-order valence-corrected chi connectivity index (χ4v) is 1.81. The highest BCUT2D eigenvalue weighted by Gasteiger charge is 2.26. The van der Waals surface area contributed by atoms with Crippen LogP contribution in [0.1, 0.15) is 37.6 Å². The zero-order valence-corrected chi connectivity index (χ0v) is 13.3. The molecule has 2 N–H and O–H groups in total. The number of halogens is 1. The van der Waals surface area contributed by atoms with Crippen LogP contribution in [0.15, 0.2) is 24.3 Å². The first-order valence-electron chi connectivity index (χ1n) is 6.59. The van der Waals surface area contributed by atoms with Crippen molar-refractivity contribution in [2.24, 2.45) is 0 Å². The molecule has 0 aliphatic carbocycles. The molecular formula is C15H18ClNO5. The van der Waals surface area contributed by atoms with E-state index in [4.69, 9.17) is 21.4 Å². The van der Waals surface area contributed by atoms with Gasteiger partial charge in [0.1, 0.15) is 11.6 Å². The van der Waals surface area contributed by atoms with Crippen molar-refractivity contribution in [3.63, 3.8) is 0 Å². The van der Waals surface area contributed by atoms with Crippen LogP contribution in [0.2, 0.25) is 5.02 Å². The van der Waals surface area contributed by atoms with Crippen LogP contribution < -0.4 is 5.32 Å². The molecule has 0 saturated heterocycles. The number of carboxylic acid groups (broad SMARTS) is 1. The quantitative estimate of drug-likeness (QED) is 0.811. The highest BCUT2D eigenvalue weighted by molar-refractivity contribution is 6.31. The summed E-state index contributed by atoms with van der Waals surface area (Å²) >= 11 is 5.79. The van der Waals surface area contributed by atoms with Gasteiger partial charge in [0.05, 0.1) is 0 Å². The largest absolute Gasteiger partial charge is 0.480 e. The average Bonchev–Trinajstić information content (AvgIpc) is 2.35. The van der Waals surface area contributed by atoms with Crippen LogP contribution in [0.25, 0.3) is 0 Å². The van der Waals surface area contributed by atoms with E-state index in [1.807, 2.05) is 0 Å². The van der Waals surface area contributed by atoms with Crippen molar-refractivity contribution in [3.05, 3.63) is 34.9 Å². The van der Waals surface area contributed by atoms with Gasteiger partial charge in [-0.2, -0.15) is 0 Å². The second-order valence-corrected chi connectivity index (χ2v) is 6.11. The Morgan fingerprint density at radius 1 is 1.32 bits per heavy atom. The first-order valence-corrected chi connectivity index (χ1v) is 6.97. The smallest absolute Gasteiger partial charge is 0.408 e. The molecule has 0 saturated carbocycles. The number of nitrogens with one attached hydrogen (secondary N) is 1. The molecule has 0 bridgehead atoms. The van der Waals surface area contributed by atoms with Gasteiger partial charge < -0.3 is 15.2 Å². The molecule has 22 heavy (non-hydrogen) atoms. The molecule has 0 aliphatic rings. The maximum atomic E-state index is 12.1. The Morgan fingerprint density at radius 3 is 2.45 bits per heavy atom. The van der Waals surface area contributed by atoms with E-state index in [2.05, 4.69) is 5.32 Å². The van der Waals surface area contributed by atoms with Crippen LogP contribution in [-0.2, 0) is 9.53 Å². The summed E-state index contributed by atoms with van der Waals surface area (Å²) in [6.45, 7) is 4.96. The number of benzene rings is 1. The number of amides is 1. The molecule has 6 nitrogen and oxygen atoms in total. The topological polar surface area (TPSA) is 92.7 Å². The van der Waals surface area contributed by atoms with Gasteiger partial charge in [0, 0.05) is 17.0 Å². The van der Waals surface area contributed by atoms with E-state index in [9.17, 15) is 14.4 Å². The minimum atomic E-state index is -1.37. The van der Waals surface area contributed by atoms with E-state index in [0.29, 0.717) is 5.02 Å². The standard InChI is InChI=1S/C15H18ClNO5/c1-15(2,3)22-14(21)17-11(13(19)20)8-12(18)9-5-4-6-10(16)7-9/h4-7,11H,8H2,1-3H3,(H,17,21)(H,19,20). The Bertz CT molecular complexity index is 580. The highest BCUT2D eigenvalue weighted by atomic mass is 35.5. The van der Waals surface area contributed by atoms with Gasteiger partial charge in [0.25, 0.3) is 0 Å². The number of carbonyl (C=O) groups excluding carboxylic acids is 2. The second-order valence-electron chi connectivity index (χ2n) is 5.67. The molecule has 120 valence electrons. The van der Waals surface area contributed by atoms with Crippen molar-refractivity contribution in [2.75, 3.05) is 0 Å². The predicted molar refractivity (Wildman–Crippen MR) is 81.2 cm³/mol. The van der Waals surface area contributed by atoms with Crippen LogP contribution >= 0.6 is 11.6 Å².